The lowest BCUT2D eigenvalue weighted by molar-refractivity contribution is -0.118. The van der Waals surface area contributed by atoms with Gasteiger partial charge in [0.2, 0.25) is 0 Å². The van der Waals surface area contributed by atoms with Crippen LogP contribution in [0.25, 0.3) is 0 Å². The molecule has 3 rings (SSSR count). The van der Waals surface area contributed by atoms with Gasteiger partial charge < -0.3 is 24.5 Å². The van der Waals surface area contributed by atoms with Crippen molar-refractivity contribution in [2.75, 3.05) is 23.8 Å². The molecule has 0 atom stereocenters. The van der Waals surface area contributed by atoms with E-state index in [-0.39, 0.29) is 24.2 Å². The van der Waals surface area contributed by atoms with Gasteiger partial charge in [0.05, 0.1) is 18.6 Å². The van der Waals surface area contributed by atoms with Gasteiger partial charge in [-0.25, -0.2) is 0 Å². The van der Waals surface area contributed by atoms with E-state index in [0.717, 1.165) is 6.42 Å². The molecule has 2 N–H and O–H groups in total. The monoisotopic (exact) mass is 394 g/mol. The van der Waals surface area contributed by atoms with Crippen LogP contribution in [0, 0.1) is 0 Å². The number of para-hydroxylation sites is 2. The summed E-state index contributed by atoms with van der Waals surface area (Å²) in [5, 5.41) is 5.49. The Labute approximate surface area is 168 Å². The lowest BCUT2D eigenvalue weighted by atomic mass is 10.3. The molecule has 1 aromatic heterocycles. The first-order valence-corrected chi connectivity index (χ1v) is 9.25. The number of carbonyl (C=O) groups excluding carboxylic acids is 2. The summed E-state index contributed by atoms with van der Waals surface area (Å²) in [5.41, 5.74) is 1.12. The first-order chi connectivity index (χ1) is 14.2. The molecule has 7 heteroatoms. The van der Waals surface area contributed by atoms with Crippen molar-refractivity contribution in [1.29, 1.82) is 0 Å². The zero-order valence-electron chi connectivity index (χ0n) is 16.0. The topological polar surface area (TPSA) is 89.8 Å². The Hall–Kier alpha value is -3.74. The minimum atomic E-state index is -0.367. The number of hydrogen-bond acceptors (Lipinski definition) is 5. The highest BCUT2D eigenvalue weighted by molar-refractivity contribution is 6.02. The summed E-state index contributed by atoms with van der Waals surface area (Å²) in [4.78, 5) is 24.3. The molecule has 29 heavy (non-hydrogen) atoms. The summed E-state index contributed by atoms with van der Waals surface area (Å²) >= 11 is 0. The van der Waals surface area contributed by atoms with E-state index in [4.69, 9.17) is 13.9 Å². The van der Waals surface area contributed by atoms with Gasteiger partial charge in [0.1, 0.15) is 11.5 Å². The molecule has 0 aliphatic rings. The van der Waals surface area contributed by atoms with Crippen molar-refractivity contribution in [1.82, 2.24) is 0 Å². The molecule has 2 amide bonds. The van der Waals surface area contributed by atoms with E-state index >= 15 is 0 Å². The normalized spacial score (nSPS) is 10.2. The number of ether oxygens (including phenoxy) is 2. The smallest absolute Gasteiger partial charge is 0.291 e. The second-order valence-corrected chi connectivity index (χ2v) is 6.14. The number of anilines is 2. The molecule has 0 saturated heterocycles. The summed E-state index contributed by atoms with van der Waals surface area (Å²) in [5.74, 6) is 0.592. The van der Waals surface area contributed by atoms with Crippen molar-refractivity contribution in [2.24, 2.45) is 0 Å². The van der Waals surface area contributed by atoms with Crippen LogP contribution in [0.5, 0.6) is 11.5 Å². The van der Waals surface area contributed by atoms with Gasteiger partial charge in [-0.1, -0.05) is 25.1 Å². The van der Waals surface area contributed by atoms with Gasteiger partial charge in [-0.15, -0.1) is 0 Å². The summed E-state index contributed by atoms with van der Waals surface area (Å²) in [6.07, 6.45) is 2.30. The Balaban J connectivity index is 1.55. The SMILES string of the molecule is CCCOc1ccccc1NC(=O)COc1cccc(NC(=O)c2ccco2)c1. The quantitative estimate of drug-likeness (QED) is 0.564. The van der Waals surface area contributed by atoms with Gasteiger partial charge in [-0.3, -0.25) is 9.59 Å². The van der Waals surface area contributed by atoms with Gasteiger partial charge in [-0.2, -0.15) is 0 Å². The highest BCUT2D eigenvalue weighted by atomic mass is 16.5. The van der Waals surface area contributed by atoms with Crippen LogP contribution >= 0.6 is 0 Å². The number of amides is 2. The summed E-state index contributed by atoms with van der Waals surface area (Å²) < 4.78 is 16.2. The molecular formula is C22H22N2O5. The van der Waals surface area contributed by atoms with Crippen LogP contribution in [0.4, 0.5) is 11.4 Å². The first kappa shape index (κ1) is 20.0. The third-order valence-corrected chi connectivity index (χ3v) is 3.83. The Bertz CT molecular complexity index is 953. The van der Waals surface area contributed by atoms with E-state index in [1.165, 1.54) is 6.26 Å². The molecular weight excluding hydrogens is 372 g/mol. The van der Waals surface area contributed by atoms with E-state index in [1.54, 1.807) is 48.5 Å². The molecule has 2 aromatic carbocycles. The fourth-order valence-corrected chi connectivity index (χ4v) is 2.51. The molecule has 150 valence electrons. The van der Waals surface area contributed by atoms with Crippen LogP contribution in [0.2, 0.25) is 0 Å². The summed E-state index contributed by atoms with van der Waals surface area (Å²) in [6, 6.07) is 17.2. The minimum Gasteiger partial charge on any atom is -0.491 e. The lowest BCUT2D eigenvalue weighted by Crippen LogP contribution is -2.20. The lowest BCUT2D eigenvalue weighted by Gasteiger charge is -2.12. The Morgan fingerprint density at radius 3 is 2.62 bits per heavy atom. The Kier molecular flexibility index (Phi) is 6.89. The molecule has 0 fully saturated rings. The zero-order valence-corrected chi connectivity index (χ0v) is 16.0. The first-order valence-electron chi connectivity index (χ1n) is 9.25. The van der Waals surface area contributed by atoms with Crippen molar-refractivity contribution in [3.8, 4) is 11.5 Å². The maximum Gasteiger partial charge on any atom is 0.291 e. The molecule has 0 radical (unpaired) electrons. The van der Waals surface area contributed by atoms with Gasteiger partial charge in [-0.05, 0) is 42.8 Å². The Morgan fingerprint density at radius 1 is 0.966 bits per heavy atom. The highest BCUT2D eigenvalue weighted by Gasteiger charge is 2.11. The fraction of sp³-hybridized carbons (Fsp3) is 0.182. The molecule has 0 aliphatic heterocycles. The van der Waals surface area contributed by atoms with Gasteiger partial charge in [0.25, 0.3) is 11.8 Å². The second kappa shape index (κ2) is 9.98. The average molecular weight is 394 g/mol. The van der Waals surface area contributed by atoms with Gasteiger partial charge >= 0.3 is 0 Å². The van der Waals surface area contributed by atoms with E-state index < -0.39 is 0 Å². The predicted octanol–water partition coefficient (Wildman–Crippen LogP) is 4.34. The highest BCUT2D eigenvalue weighted by Crippen LogP contribution is 2.24. The summed E-state index contributed by atoms with van der Waals surface area (Å²) in [7, 11) is 0. The van der Waals surface area contributed by atoms with Crippen molar-refractivity contribution in [2.45, 2.75) is 13.3 Å². The maximum atomic E-state index is 12.3. The average Bonchev–Trinajstić information content (AvgIpc) is 3.27. The molecule has 1 heterocycles. The number of furan rings is 1. The van der Waals surface area contributed by atoms with E-state index in [1.807, 2.05) is 19.1 Å². The van der Waals surface area contributed by atoms with Crippen LogP contribution < -0.4 is 20.1 Å². The van der Waals surface area contributed by atoms with Crippen LogP contribution in [0.15, 0.2) is 71.3 Å². The Morgan fingerprint density at radius 2 is 1.83 bits per heavy atom. The largest absolute Gasteiger partial charge is 0.491 e. The maximum absolute atomic E-state index is 12.3. The summed E-state index contributed by atoms with van der Waals surface area (Å²) in [6.45, 7) is 2.40. The van der Waals surface area contributed by atoms with Crippen LogP contribution in [-0.4, -0.2) is 25.0 Å². The van der Waals surface area contributed by atoms with Gasteiger partial charge in [0.15, 0.2) is 12.4 Å². The van der Waals surface area contributed by atoms with Crippen LogP contribution in [0.3, 0.4) is 0 Å². The van der Waals surface area contributed by atoms with Crippen LogP contribution in [-0.2, 0) is 4.79 Å². The van der Waals surface area contributed by atoms with E-state index in [0.29, 0.717) is 29.5 Å². The molecule has 0 saturated carbocycles. The fourth-order valence-electron chi connectivity index (χ4n) is 2.51. The third-order valence-electron chi connectivity index (χ3n) is 3.83. The van der Waals surface area contributed by atoms with Crippen molar-refractivity contribution < 1.29 is 23.5 Å². The van der Waals surface area contributed by atoms with Crippen molar-refractivity contribution in [3.63, 3.8) is 0 Å². The third kappa shape index (κ3) is 5.87. The number of nitrogens with one attached hydrogen (secondary N) is 2. The van der Waals surface area contributed by atoms with Gasteiger partial charge in [0, 0.05) is 11.8 Å². The standard InChI is InChI=1S/C22H22N2O5/c1-2-12-27-19-10-4-3-9-18(19)24-21(25)15-29-17-8-5-7-16(14-17)23-22(26)20-11-6-13-28-20/h3-11,13-14H,2,12,15H2,1H3,(H,23,26)(H,24,25). The number of rotatable bonds is 9. The molecule has 7 nitrogen and oxygen atoms in total. The number of carbonyl (C=O) groups is 2. The molecule has 0 bridgehead atoms. The molecule has 0 aliphatic carbocycles. The van der Waals surface area contributed by atoms with Crippen molar-refractivity contribution in [3.05, 3.63) is 72.7 Å². The molecule has 0 unspecified atom stereocenters. The second-order valence-electron chi connectivity index (χ2n) is 6.14. The minimum absolute atomic E-state index is 0.183. The van der Waals surface area contributed by atoms with E-state index in [9.17, 15) is 9.59 Å². The predicted molar refractivity (Wildman–Crippen MR) is 109 cm³/mol. The van der Waals surface area contributed by atoms with Crippen LogP contribution in [0.1, 0.15) is 23.9 Å². The van der Waals surface area contributed by atoms with E-state index in [2.05, 4.69) is 10.6 Å². The zero-order chi connectivity index (χ0) is 20.5. The molecule has 0 spiro atoms. The number of hydrogen-bond donors (Lipinski definition) is 2. The molecule has 3 aromatic rings. The number of benzene rings is 2. The van der Waals surface area contributed by atoms with Crippen molar-refractivity contribution >= 4 is 23.2 Å².